The van der Waals surface area contributed by atoms with E-state index >= 15 is 0 Å². The largest absolute Gasteiger partial charge is 0.478 e. The molecule has 1 aliphatic rings. The Kier molecular flexibility index (Phi) is 3.54. The highest BCUT2D eigenvalue weighted by Crippen LogP contribution is 2.20. The average molecular weight is 234 g/mol. The van der Waals surface area contributed by atoms with Crippen LogP contribution in [0, 0.1) is 5.92 Å². The van der Waals surface area contributed by atoms with E-state index in [1.807, 2.05) is 0 Å². The molecule has 0 bridgehead atoms. The number of carbonyl (C=O) groups excluding carboxylic acids is 1. The SMILES string of the molecule is O=C(O)c1cccc(C(=O)C2CCOCC2)c1. The summed E-state index contributed by atoms with van der Waals surface area (Å²) in [5.74, 6) is -1.02. The summed E-state index contributed by atoms with van der Waals surface area (Å²) in [6.45, 7) is 1.21. The van der Waals surface area contributed by atoms with Crippen molar-refractivity contribution in [2.45, 2.75) is 12.8 Å². The van der Waals surface area contributed by atoms with Crippen LogP contribution >= 0.6 is 0 Å². The number of Topliss-reactive ketones (excluding diaryl/α,β-unsaturated/α-hetero) is 1. The fourth-order valence-corrected chi connectivity index (χ4v) is 2.00. The molecule has 0 aromatic heterocycles. The number of ketones is 1. The first kappa shape index (κ1) is 11.8. The summed E-state index contributed by atoms with van der Waals surface area (Å²) in [7, 11) is 0. The first-order valence-corrected chi connectivity index (χ1v) is 5.64. The van der Waals surface area contributed by atoms with Crippen molar-refractivity contribution in [2.75, 3.05) is 13.2 Å². The van der Waals surface area contributed by atoms with Gasteiger partial charge in [-0.25, -0.2) is 4.79 Å². The Bertz CT molecular complexity index is 433. The fraction of sp³-hybridized carbons (Fsp3) is 0.385. The molecule has 2 rings (SSSR count). The molecule has 1 heterocycles. The van der Waals surface area contributed by atoms with Crippen LogP contribution in [0.2, 0.25) is 0 Å². The van der Waals surface area contributed by atoms with Crippen molar-refractivity contribution < 1.29 is 19.4 Å². The minimum Gasteiger partial charge on any atom is -0.478 e. The van der Waals surface area contributed by atoms with Gasteiger partial charge in [-0.1, -0.05) is 12.1 Å². The summed E-state index contributed by atoms with van der Waals surface area (Å²) >= 11 is 0. The van der Waals surface area contributed by atoms with Crippen molar-refractivity contribution in [3.8, 4) is 0 Å². The van der Waals surface area contributed by atoms with E-state index in [9.17, 15) is 9.59 Å². The second kappa shape index (κ2) is 5.10. The van der Waals surface area contributed by atoms with Gasteiger partial charge in [0.05, 0.1) is 5.56 Å². The Morgan fingerprint density at radius 3 is 2.47 bits per heavy atom. The van der Waals surface area contributed by atoms with Gasteiger partial charge in [0, 0.05) is 24.7 Å². The van der Waals surface area contributed by atoms with Gasteiger partial charge in [-0.3, -0.25) is 4.79 Å². The molecular formula is C13H14O4. The zero-order chi connectivity index (χ0) is 12.3. The van der Waals surface area contributed by atoms with Gasteiger partial charge < -0.3 is 9.84 Å². The smallest absolute Gasteiger partial charge is 0.335 e. The highest BCUT2D eigenvalue weighted by Gasteiger charge is 2.23. The first-order valence-electron chi connectivity index (χ1n) is 5.64. The zero-order valence-electron chi connectivity index (χ0n) is 9.39. The number of carboxylic acid groups (broad SMARTS) is 1. The van der Waals surface area contributed by atoms with E-state index in [-0.39, 0.29) is 17.3 Å². The minimum atomic E-state index is -1.01. The van der Waals surface area contributed by atoms with Gasteiger partial charge in [-0.05, 0) is 25.0 Å². The molecule has 0 saturated carbocycles. The van der Waals surface area contributed by atoms with Crippen molar-refractivity contribution >= 4 is 11.8 Å². The lowest BCUT2D eigenvalue weighted by atomic mass is 9.90. The molecule has 0 spiro atoms. The van der Waals surface area contributed by atoms with E-state index in [0.717, 1.165) is 12.8 Å². The van der Waals surface area contributed by atoms with Gasteiger partial charge in [0.25, 0.3) is 0 Å². The summed E-state index contributed by atoms with van der Waals surface area (Å²) in [6.07, 6.45) is 1.44. The van der Waals surface area contributed by atoms with E-state index in [4.69, 9.17) is 9.84 Å². The van der Waals surface area contributed by atoms with E-state index in [0.29, 0.717) is 18.8 Å². The number of carboxylic acids is 1. The molecule has 17 heavy (non-hydrogen) atoms. The number of benzene rings is 1. The number of hydrogen-bond donors (Lipinski definition) is 1. The predicted octanol–water partition coefficient (Wildman–Crippen LogP) is 1.99. The molecule has 1 N–H and O–H groups in total. The molecule has 1 saturated heterocycles. The van der Waals surface area contributed by atoms with Crippen LogP contribution in [-0.2, 0) is 4.74 Å². The summed E-state index contributed by atoms with van der Waals surface area (Å²) in [6, 6.07) is 6.21. The average Bonchev–Trinajstić information content (AvgIpc) is 2.39. The summed E-state index contributed by atoms with van der Waals surface area (Å²) in [4.78, 5) is 22.9. The third-order valence-electron chi connectivity index (χ3n) is 2.99. The van der Waals surface area contributed by atoms with E-state index in [1.165, 1.54) is 12.1 Å². The highest BCUT2D eigenvalue weighted by atomic mass is 16.5. The second-order valence-corrected chi connectivity index (χ2v) is 4.14. The molecule has 1 aliphatic heterocycles. The van der Waals surface area contributed by atoms with Crippen LogP contribution < -0.4 is 0 Å². The van der Waals surface area contributed by atoms with E-state index in [1.54, 1.807) is 12.1 Å². The summed E-state index contributed by atoms with van der Waals surface area (Å²) < 4.78 is 5.20. The van der Waals surface area contributed by atoms with Crippen molar-refractivity contribution in [3.05, 3.63) is 35.4 Å². The summed E-state index contributed by atoms with van der Waals surface area (Å²) in [5.41, 5.74) is 0.639. The maximum atomic E-state index is 12.1. The third-order valence-corrected chi connectivity index (χ3v) is 2.99. The van der Waals surface area contributed by atoms with Crippen LogP contribution in [0.5, 0.6) is 0 Å². The molecule has 1 aromatic carbocycles. The number of hydrogen-bond acceptors (Lipinski definition) is 3. The van der Waals surface area contributed by atoms with Crippen LogP contribution in [0.3, 0.4) is 0 Å². The Balaban J connectivity index is 2.18. The topological polar surface area (TPSA) is 63.6 Å². The van der Waals surface area contributed by atoms with Gasteiger partial charge in [0.1, 0.15) is 0 Å². The molecule has 0 unspecified atom stereocenters. The first-order chi connectivity index (χ1) is 8.18. The number of aromatic carboxylic acids is 1. The Morgan fingerprint density at radius 1 is 1.18 bits per heavy atom. The van der Waals surface area contributed by atoms with Crippen LogP contribution in [0.25, 0.3) is 0 Å². The number of ether oxygens (including phenoxy) is 1. The standard InChI is InChI=1S/C13H14O4/c14-12(9-4-6-17-7-5-9)10-2-1-3-11(8-10)13(15)16/h1-3,8-9H,4-7H2,(H,15,16). The molecule has 0 amide bonds. The highest BCUT2D eigenvalue weighted by molar-refractivity contribution is 6.00. The van der Waals surface area contributed by atoms with Gasteiger partial charge in [0.2, 0.25) is 0 Å². The molecule has 4 nitrogen and oxygen atoms in total. The minimum absolute atomic E-state index is 0.0244. The van der Waals surface area contributed by atoms with Gasteiger partial charge in [-0.2, -0.15) is 0 Å². The maximum absolute atomic E-state index is 12.1. The van der Waals surface area contributed by atoms with Crippen LogP contribution in [0.4, 0.5) is 0 Å². The van der Waals surface area contributed by atoms with Crippen LogP contribution in [0.15, 0.2) is 24.3 Å². The third kappa shape index (κ3) is 2.71. The van der Waals surface area contributed by atoms with E-state index in [2.05, 4.69) is 0 Å². The molecule has 0 atom stereocenters. The lowest BCUT2D eigenvalue weighted by Gasteiger charge is -2.20. The Labute approximate surface area is 99.2 Å². The predicted molar refractivity (Wildman–Crippen MR) is 61.3 cm³/mol. The fourth-order valence-electron chi connectivity index (χ4n) is 2.00. The lowest BCUT2D eigenvalue weighted by molar-refractivity contribution is 0.0545. The molecule has 90 valence electrons. The molecule has 4 heteroatoms. The Morgan fingerprint density at radius 2 is 1.82 bits per heavy atom. The second-order valence-electron chi connectivity index (χ2n) is 4.14. The quantitative estimate of drug-likeness (QED) is 0.812. The molecule has 1 fully saturated rings. The molecule has 0 aliphatic carbocycles. The monoisotopic (exact) mass is 234 g/mol. The van der Waals surface area contributed by atoms with Crippen LogP contribution in [0.1, 0.15) is 33.6 Å². The maximum Gasteiger partial charge on any atom is 0.335 e. The van der Waals surface area contributed by atoms with Crippen LogP contribution in [-0.4, -0.2) is 30.1 Å². The number of rotatable bonds is 3. The molecule has 0 radical (unpaired) electrons. The van der Waals surface area contributed by atoms with Gasteiger partial charge in [0.15, 0.2) is 5.78 Å². The Hall–Kier alpha value is -1.68. The molecular weight excluding hydrogens is 220 g/mol. The van der Waals surface area contributed by atoms with Crippen molar-refractivity contribution in [2.24, 2.45) is 5.92 Å². The van der Waals surface area contributed by atoms with Crippen molar-refractivity contribution in [1.29, 1.82) is 0 Å². The summed E-state index contributed by atoms with van der Waals surface area (Å²) in [5, 5.41) is 8.87. The lowest BCUT2D eigenvalue weighted by Crippen LogP contribution is -2.23. The van der Waals surface area contributed by atoms with Crippen molar-refractivity contribution in [3.63, 3.8) is 0 Å². The number of carbonyl (C=O) groups is 2. The molecule has 1 aromatic rings. The van der Waals surface area contributed by atoms with Gasteiger partial charge >= 0.3 is 5.97 Å². The zero-order valence-corrected chi connectivity index (χ0v) is 9.39. The normalized spacial score (nSPS) is 16.7. The van der Waals surface area contributed by atoms with Crippen molar-refractivity contribution in [1.82, 2.24) is 0 Å². The van der Waals surface area contributed by atoms with Gasteiger partial charge in [-0.15, -0.1) is 0 Å². The van der Waals surface area contributed by atoms with E-state index < -0.39 is 5.97 Å².